The molecule has 4 heterocycles. The maximum Gasteiger partial charge on any atom is 0.256 e. The zero-order chi connectivity index (χ0) is 29.4. The molecule has 220 valence electrons. The van der Waals surface area contributed by atoms with E-state index in [1.54, 1.807) is 12.1 Å². The summed E-state index contributed by atoms with van der Waals surface area (Å²) in [6, 6.07) is 9.89. The number of amides is 2. The van der Waals surface area contributed by atoms with E-state index in [4.69, 9.17) is 4.74 Å². The fourth-order valence-electron chi connectivity index (χ4n) is 5.84. The van der Waals surface area contributed by atoms with Crippen molar-refractivity contribution < 1.29 is 27.1 Å². The molecular formula is C31H33FN4O5S. The van der Waals surface area contributed by atoms with Crippen molar-refractivity contribution in [3.8, 4) is 0 Å². The molecule has 0 atom stereocenters. The van der Waals surface area contributed by atoms with Crippen LogP contribution in [0.15, 0.2) is 47.4 Å². The summed E-state index contributed by atoms with van der Waals surface area (Å²) in [5.41, 5.74) is 4.70. The fraction of sp³-hybridized carbons (Fsp3) is 0.355. The molecule has 2 N–H and O–H groups in total. The highest BCUT2D eigenvalue weighted by Crippen LogP contribution is 2.36. The maximum absolute atomic E-state index is 13.6. The van der Waals surface area contributed by atoms with Crippen LogP contribution in [0.2, 0.25) is 0 Å². The van der Waals surface area contributed by atoms with Gasteiger partial charge in [0.25, 0.3) is 11.8 Å². The van der Waals surface area contributed by atoms with Gasteiger partial charge in [-0.3, -0.25) is 14.5 Å². The Hall–Kier alpha value is -3.80. The lowest BCUT2D eigenvalue weighted by Gasteiger charge is -2.29. The van der Waals surface area contributed by atoms with Gasteiger partial charge in [0.05, 0.1) is 35.0 Å². The minimum absolute atomic E-state index is 0.0143. The van der Waals surface area contributed by atoms with Crippen molar-refractivity contribution >= 4 is 39.0 Å². The van der Waals surface area contributed by atoms with Crippen LogP contribution < -0.4 is 5.32 Å². The van der Waals surface area contributed by atoms with Gasteiger partial charge in [0.15, 0.2) is 9.84 Å². The van der Waals surface area contributed by atoms with Crippen LogP contribution >= 0.6 is 0 Å². The first kappa shape index (κ1) is 28.3. The first-order chi connectivity index (χ1) is 20.2. The normalized spacial score (nSPS) is 18.6. The van der Waals surface area contributed by atoms with Gasteiger partial charge in [0, 0.05) is 55.4 Å². The Bertz CT molecular complexity index is 1670. The number of ether oxygens (including phenoxy) is 1. The number of sulfone groups is 1. The van der Waals surface area contributed by atoms with E-state index in [9.17, 15) is 22.4 Å². The third kappa shape index (κ3) is 5.64. The van der Waals surface area contributed by atoms with Crippen molar-refractivity contribution in [2.24, 2.45) is 0 Å². The zero-order valence-electron chi connectivity index (χ0n) is 23.4. The number of fused-ring (bicyclic) bond motifs is 2. The molecule has 0 spiro atoms. The SMILES string of the molecule is Cc1c(/C=C2\C(=O)Nc3ccc(S(=O)(=O)Cc4ccc(F)cc4)cc32)[nH]c2c1C(=O)N(CCN1CCOCC1)CCC2. The lowest BCUT2D eigenvalue weighted by Crippen LogP contribution is -2.43. The number of anilines is 1. The highest BCUT2D eigenvalue weighted by atomic mass is 32.2. The van der Waals surface area contributed by atoms with Gasteiger partial charge >= 0.3 is 0 Å². The Balaban J connectivity index is 1.27. The Morgan fingerprint density at radius 2 is 1.79 bits per heavy atom. The van der Waals surface area contributed by atoms with Crippen LogP contribution in [-0.2, 0) is 31.5 Å². The molecular weight excluding hydrogens is 559 g/mol. The van der Waals surface area contributed by atoms with Crippen molar-refractivity contribution in [1.29, 1.82) is 0 Å². The largest absolute Gasteiger partial charge is 0.379 e. The number of benzene rings is 2. The molecule has 0 aliphatic carbocycles. The number of nitrogens with zero attached hydrogens (tertiary/aromatic N) is 2. The molecule has 6 rings (SSSR count). The minimum Gasteiger partial charge on any atom is -0.379 e. The smallest absolute Gasteiger partial charge is 0.256 e. The van der Waals surface area contributed by atoms with Crippen molar-refractivity contribution in [1.82, 2.24) is 14.8 Å². The molecule has 3 aromatic rings. The second kappa shape index (κ2) is 11.5. The molecule has 0 radical (unpaired) electrons. The van der Waals surface area contributed by atoms with Crippen molar-refractivity contribution in [3.63, 3.8) is 0 Å². The number of aryl methyl sites for hydroxylation is 1. The van der Waals surface area contributed by atoms with Crippen LogP contribution in [0.25, 0.3) is 11.6 Å². The Morgan fingerprint density at radius 3 is 2.55 bits per heavy atom. The molecule has 2 amide bonds. The number of carbonyl (C=O) groups excluding carboxylic acids is 2. The molecule has 1 aromatic heterocycles. The van der Waals surface area contributed by atoms with Gasteiger partial charge in [0.1, 0.15) is 5.82 Å². The number of carbonyl (C=O) groups is 2. The summed E-state index contributed by atoms with van der Waals surface area (Å²) in [6.45, 7) is 7.17. The molecule has 0 saturated carbocycles. The van der Waals surface area contributed by atoms with Gasteiger partial charge in [-0.25, -0.2) is 12.8 Å². The molecule has 3 aliphatic heterocycles. The quantitative estimate of drug-likeness (QED) is 0.405. The van der Waals surface area contributed by atoms with Crippen LogP contribution in [0.3, 0.4) is 0 Å². The van der Waals surface area contributed by atoms with Crippen LogP contribution in [0.5, 0.6) is 0 Å². The molecule has 9 nitrogen and oxygen atoms in total. The van der Waals surface area contributed by atoms with E-state index in [0.29, 0.717) is 66.4 Å². The molecule has 2 aromatic carbocycles. The number of aromatic nitrogens is 1. The predicted octanol–water partition coefficient (Wildman–Crippen LogP) is 3.65. The van der Waals surface area contributed by atoms with Crippen LogP contribution in [0, 0.1) is 12.7 Å². The summed E-state index contributed by atoms with van der Waals surface area (Å²) in [4.78, 5) is 34.3. The van der Waals surface area contributed by atoms with Crippen LogP contribution in [0.4, 0.5) is 10.1 Å². The molecule has 0 bridgehead atoms. The number of hydrogen-bond donors (Lipinski definition) is 2. The lowest BCUT2D eigenvalue weighted by atomic mass is 10.0. The topological polar surface area (TPSA) is 112 Å². The average molecular weight is 593 g/mol. The monoisotopic (exact) mass is 592 g/mol. The first-order valence-corrected chi connectivity index (χ1v) is 15.8. The molecule has 11 heteroatoms. The number of aromatic amines is 1. The molecule has 1 fully saturated rings. The van der Waals surface area contributed by atoms with Gasteiger partial charge in [-0.05, 0) is 67.3 Å². The summed E-state index contributed by atoms with van der Waals surface area (Å²) >= 11 is 0. The van der Waals surface area contributed by atoms with Crippen molar-refractivity contribution in [2.75, 3.05) is 51.3 Å². The number of H-pyrrole nitrogens is 1. The predicted molar refractivity (Wildman–Crippen MR) is 157 cm³/mol. The molecule has 3 aliphatic rings. The van der Waals surface area contributed by atoms with Crippen LogP contribution in [0.1, 0.15) is 44.9 Å². The third-order valence-electron chi connectivity index (χ3n) is 8.20. The third-order valence-corrected chi connectivity index (χ3v) is 9.89. The van der Waals surface area contributed by atoms with Crippen molar-refractivity contribution in [3.05, 3.63) is 81.9 Å². The summed E-state index contributed by atoms with van der Waals surface area (Å²) in [5.74, 6) is -1.09. The second-order valence-corrected chi connectivity index (χ2v) is 13.0. The number of nitrogens with one attached hydrogen (secondary N) is 2. The summed E-state index contributed by atoms with van der Waals surface area (Å²) < 4.78 is 45.1. The first-order valence-electron chi connectivity index (χ1n) is 14.1. The van der Waals surface area contributed by atoms with E-state index in [1.165, 1.54) is 36.4 Å². The Kier molecular flexibility index (Phi) is 7.73. The fourth-order valence-corrected chi connectivity index (χ4v) is 7.21. The number of hydrogen-bond acceptors (Lipinski definition) is 6. The van der Waals surface area contributed by atoms with E-state index in [2.05, 4.69) is 15.2 Å². The average Bonchev–Trinajstić information content (AvgIpc) is 3.40. The van der Waals surface area contributed by atoms with Gasteiger partial charge < -0.3 is 19.9 Å². The minimum atomic E-state index is -3.76. The summed E-state index contributed by atoms with van der Waals surface area (Å²) in [7, 11) is -3.76. The number of halogens is 1. The van der Waals surface area contributed by atoms with Gasteiger partial charge in [0.2, 0.25) is 0 Å². The Labute approximate surface area is 244 Å². The van der Waals surface area contributed by atoms with E-state index >= 15 is 0 Å². The number of rotatable bonds is 7. The molecule has 1 saturated heterocycles. The highest BCUT2D eigenvalue weighted by Gasteiger charge is 2.30. The second-order valence-electron chi connectivity index (χ2n) is 11.0. The van der Waals surface area contributed by atoms with E-state index < -0.39 is 15.7 Å². The van der Waals surface area contributed by atoms with Crippen molar-refractivity contribution in [2.45, 2.75) is 30.4 Å². The Morgan fingerprint density at radius 1 is 1.02 bits per heavy atom. The summed E-state index contributed by atoms with van der Waals surface area (Å²) in [6.07, 6.45) is 3.25. The zero-order valence-corrected chi connectivity index (χ0v) is 24.2. The standard InChI is InChI=1S/C31H33FN4O5S/c1-20-28(33-27-3-2-10-36(31(38)29(20)27)12-11-35-13-15-41-16-14-35)18-25-24-17-23(8-9-26(24)34-30(25)37)42(39,40)19-21-4-6-22(32)7-5-21/h4-9,17-18,33H,2-3,10-16,19H2,1H3,(H,34,37)/b25-18-. The van der Waals surface area contributed by atoms with Gasteiger partial charge in [-0.2, -0.15) is 0 Å². The van der Waals surface area contributed by atoms with Crippen LogP contribution in [-0.4, -0.2) is 81.0 Å². The highest BCUT2D eigenvalue weighted by molar-refractivity contribution is 7.90. The lowest BCUT2D eigenvalue weighted by molar-refractivity contribution is -0.110. The molecule has 42 heavy (non-hydrogen) atoms. The van der Waals surface area contributed by atoms with E-state index in [-0.39, 0.29) is 22.5 Å². The van der Waals surface area contributed by atoms with Gasteiger partial charge in [-0.1, -0.05) is 12.1 Å². The molecule has 0 unspecified atom stereocenters. The number of morpholine rings is 1. The van der Waals surface area contributed by atoms with E-state index in [0.717, 1.165) is 37.3 Å². The maximum atomic E-state index is 13.6. The van der Waals surface area contributed by atoms with E-state index in [1.807, 2.05) is 11.8 Å². The summed E-state index contributed by atoms with van der Waals surface area (Å²) in [5, 5.41) is 2.81. The van der Waals surface area contributed by atoms with Gasteiger partial charge in [-0.15, -0.1) is 0 Å².